The van der Waals surface area contributed by atoms with Crippen molar-refractivity contribution in [2.45, 2.75) is 24.4 Å². The van der Waals surface area contributed by atoms with E-state index < -0.39 is 10.0 Å². The zero-order chi connectivity index (χ0) is 13.9. The molecule has 0 spiro atoms. The van der Waals surface area contributed by atoms with Gasteiger partial charge < -0.3 is 5.73 Å². The van der Waals surface area contributed by atoms with Gasteiger partial charge in [0.15, 0.2) is 0 Å². The van der Waals surface area contributed by atoms with E-state index in [0.29, 0.717) is 4.88 Å². The highest BCUT2D eigenvalue weighted by Gasteiger charge is 2.21. The highest BCUT2D eigenvalue weighted by molar-refractivity contribution is 7.89. The molecule has 1 aromatic carbocycles. The van der Waals surface area contributed by atoms with Crippen LogP contribution in [-0.4, -0.2) is 8.42 Å². The normalized spacial score (nSPS) is 13.4. The third kappa shape index (κ3) is 3.22. The van der Waals surface area contributed by atoms with Crippen molar-refractivity contribution < 1.29 is 8.42 Å². The van der Waals surface area contributed by atoms with E-state index in [1.54, 1.807) is 11.4 Å². The Bertz CT molecular complexity index is 636. The molecule has 102 valence electrons. The number of hydrogen-bond acceptors (Lipinski definition) is 4. The van der Waals surface area contributed by atoms with Crippen molar-refractivity contribution in [1.29, 1.82) is 0 Å². The monoisotopic (exact) mass is 296 g/mol. The van der Waals surface area contributed by atoms with E-state index in [1.165, 1.54) is 11.3 Å². The van der Waals surface area contributed by atoms with Crippen LogP contribution in [0.2, 0.25) is 0 Å². The molecule has 4 nitrogen and oxygen atoms in total. The molecule has 1 heterocycles. The maximum absolute atomic E-state index is 12.3. The summed E-state index contributed by atoms with van der Waals surface area (Å²) in [5, 5.41) is 1.74. The highest BCUT2D eigenvalue weighted by Crippen LogP contribution is 2.23. The van der Waals surface area contributed by atoms with E-state index >= 15 is 0 Å². The van der Waals surface area contributed by atoms with Gasteiger partial charge in [0.2, 0.25) is 10.0 Å². The van der Waals surface area contributed by atoms with Crippen LogP contribution in [0.3, 0.4) is 0 Å². The van der Waals surface area contributed by atoms with Crippen molar-refractivity contribution in [2.75, 3.05) is 0 Å². The van der Waals surface area contributed by atoms with Gasteiger partial charge in [-0.2, -0.15) is 0 Å². The molecule has 0 radical (unpaired) electrons. The number of nitrogens with two attached hydrogens (primary N) is 1. The predicted molar refractivity (Wildman–Crippen MR) is 77.4 cm³/mol. The molecule has 3 N–H and O–H groups in total. The molecule has 0 aliphatic rings. The summed E-state index contributed by atoms with van der Waals surface area (Å²) < 4.78 is 27.3. The van der Waals surface area contributed by atoms with Gasteiger partial charge in [-0.25, -0.2) is 13.1 Å². The van der Waals surface area contributed by atoms with Gasteiger partial charge in [0.25, 0.3) is 0 Å². The molecule has 1 aromatic heterocycles. The molecule has 0 saturated carbocycles. The van der Waals surface area contributed by atoms with Gasteiger partial charge in [0, 0.05) is 17.5 Å². The molecule has 0 bridgehead atoms. The number of rotatable bonds is 5. The Balaban J connectivity index is 2.23. The Morgan fingerprint density at radius 1 is 1.26 bits per heavy atom. The second-order valence-electron chi connectivity index (χ2n) is 4.17. The standard InChI is InChI=1S/C13H16N2O2S2/c1-10(11-5-3-2-4-6-11)15-19(16,17)13-7-8-18-12(13)9-14/h2-8,10,15H,9,14H2,1H3. The molecule has 1 atom stereocenters. The second-order valence-corrected chi connectivity index (χ2v) is 6.85. The van der Waals surface area contributed by atoms with Crippen LogP contribution in [0.15, 0.2) is 46.7 Å². The van der Waals surface area contributed by atoms with Crippen LogP contribution >= 0.6 is 11.3 Å². The second kappa shape index (κ2) is 5.83. The Kier molecular flexibility index (Phi) is 4.36. The molecular weight excluding hydrogens is 280 g/mol. The van der Waals surface area contributed by atoms with Crippen molar-refractivity contribution in [3.63, 3.8) is 0 Å². The summed E-state index contributed by atoms with van der Waals surface area (Å²) in [7, 11) is -3.53. The average molecular weight is 296 g/mol. The Morgan fingerprint density at radius 2 is 1.95 bits per heavy atom. The number of sulfonamides is 1. The van der Waals surface area contributed by atoms with Crippen molar-refractivity contribution in [3.05, 3.63) is 52.2 Å². The van der Waals surface area contributed by atoms with Gasteiger partial charge in [-0.05, 0) is 23.9 Å². The van der Waals surface area contributed by atoms with E-state index in [4.69, 9.17) is 5.73 Å². The van der Waals surface area contributed by atoms with Gasteiger partial charge in [-0.1, -0.05) is 30.3 Å². The van der Waals surface area contributed by atoms with Crippen molar-refractivity contribution in [2.24, 2.45) is 5.73 Å². The molecule has 2 aromatic rings. The van der Waals surface area contributed by atoms with Crippen LogP contribution in [0.5, 0.6) is 0 Å². The number of benzene rings is 1. The fourth-order valence-corrected chi connectivity index (χ4v) is 4.39. The Morgan fingerprint density at radius 3 is 2.58 bits per heavy atom. The first-order valence-corrected chi connectivity index (χ1v) is 8.24. The minimum atomic E-state index is -3.53. The van der Waals surface area contributed by atoms with Crippen LogP contribution in [0.1, 0.15) is 23.4 Å². The summed E-state index contributed by atoms with van der Waals surface area (Å²) in [6, 6.07) is 10.8. The van der Waals surface area contributed by atoms with Crippen LogP contribution in [0, 0.1) is 0 Å². The van der Waals surface area contributed by atoms with E-state index in [2.05, 4.69) is 4.72 Å². The minimum Gasteiger partial charge on any atom is -0.326 e. The maximum atomic E-state index is 12.3. The average Bonchev–Trinajstić information content (AvgIpc) is 2.88. The van der Waals surface area contributed by atoms with Crippen LogP contribution < -0.4 is 10.5 Å². The summed E-state index contributed by atoms with van der Waals surface area (Å²) in [6.45, 7) is 2.05. The summed E-state index contributed by atoms with van der Waals surface area (Å²) in [5.74, 6) is 0. The first kappa shape index (κ1) is 14.2. The zero-order valence-corrected chi connectivity index (χ0v) is 12.2. The highest BCUT2D eigenvalue weighted by atomic mass is 32.2. The first-order valence-electron chi connectivity index (χ1n) is 5.88. The molecule has 0 fully saturated rings. The third-order valence-electron chi connectivity index (χ3n) is 2.81. The summed E-state index contributed by atoms with van der Waals surface area (Å²) >= 11 is 1.36. The van der Waals surface area contributed by atoms with Gasteiger partial charge >= 0.3 is 0 Å². The van der Waals surface area contributed by atoms with Crippen molar-refractivity contribution in [1.82, 2.24) is 4.72 Å². The molecule has 0 saturated heterocycles. The lowest BCUT2D eigenvalue weighted by molar-refractivity contribution is 0.566. The lowest BCUT2D eigenvalue weighted by Gasteiger charge is -2.14. The van der Waals surface area contributed by atoms with Crippen molar-refractivity contribution >= 4 is 21.4 Å². The van der Waals surface area contributed by atoms with Crippen LogP contribution in [-0.2, 0) is 16.6 Å². The fraction of sp³-hybridized carbons (Fsp3) is 0.231. The minimum absolute atomic E-state index is 0.230. The third-order valence-corrected chi connectivity index (χ3v) is 5.51. The van der Waals surface area contributed by atoms with E-state index in [1.807, 2.05) is 37.3 Å². The first-order chi connectivity index (χ1) is 9.04. The summed E-state index contributed by atoms with van der Waals surface area (Å²) in [4.78, 5) is 0.954. The number of thiophene rings is 1. The number of hydrogen-bond donors (Lipinski definition) is 2. The molecular formula is C13H16N2O2S2. The fourth-order valence-electron chi connectivity index (χ4n) is 1.82. The molecule has 2 rings (SSSR count). The smallest absolute Gasteiger partial charge is 0.242 e. The van der Waals surface area contributed by atoms with Gasteiger partial charge in [0.05, 0.1) is 4.90 Å². The van der Waals surface area contributed by atoms with Gasteiger partial charge in [0.1, 0.15) is 0 Å². The zero-order valence-electron chi connectivity index (χ0n) is 10.5. The molecule has 1 unspecified atom stereocenters. The molecule has 0 aliphatic carbocycles. The SMILES string of the molecule is CC(NS(=O)(=O)c1ccsc1CN)c1ccccc1. The van der Waals surface area contributed by atoms with E-state index in [9.17, 15) is 8.42 Å². The summed E-state index contributed by atoms with van der Waals surface area (Å²) in [6.07, 6.45) is 0. The molecule has 0 aliphatic heterocycles. The lowest BCUT2D eigenvalue weighted by Crippen LogP contribution is -2.27. The Hall–Kier alpha value is -1.21. The Labute approximate surface area is 117 Å². The maximum Gasteiger partial charge on any atom is 0.242 e. The van der Waals surface area contributed by atoms with Crippen LogP contribution in [0.4, 0.5) is 0 Å². The van der Waals surface area contributed by atoms with E-state index in [-0.39, 0.29) is 17.5 Å². The topological polar surface area (TPSA) is 72.2 Å². The quantitative estimate of drug-likeness (QED) is 0.889. The summed E-state index contributed by atoms with van der Waals surface area (Å²) in [5.41, 5.74) is 6.48. The predicted octanol–water partition coefficient (Wildman–Crippen LogP) is 2.25. The van der Waals surface area contributed by atoms with Crippen LogP contribution in [0.25, 0.3) is 0 Å². The molecule has 0 amide bonds. The van der Waals surface area contributed by atoms with Crippen molar-refractivity contribution in [3.8, 4) is 0 Å². The lowest BCUT2D eigenvalue weighted by atomic mass is 10.1. The largest absolute Gasteiger partial charge is 0.326 e. The van der Waals surface area contributed by atoms with Gasteiger partial charge in [-0.15, -0.1) is 11.3 Å². The van der Waals surface area contributed by atoms with E-state index in [0.717, 1.165) is 5.56 Å². The number of nitrogens with one attached hydrogen (secondary N) is 1. The molecule has 19 heavy (non-hydrogen) atoms. The van der Waals surface area contributed by atoms with Gasteiger partial charge in [-0.3, -0.25) is 0 Å². The molecule has 6 heteroatoms.